The SMILES string of the molecule is CC(=O)Nc1nc(COC(=O)Cc2cc3c(ccc4ccccc43)o2)cs1. The molecule has 2 heterocycles. The molecule has 1 N–H and O–H groups in total. The standard InChI is InChI=1S/C20H16N2O4S/c1-12(23)21-20-22-14(11-27-20)10-25-19(24)9-15-8-17-16-5-3-2-4-13(16)6-7-18(17)26-15/h2-8,11H,9-10H2,1H3,(H,21,22,23). The minimum absolute atomic E-state index is 0.0473. The Bertz CT molecular complexity index is 1150. The molecular weight excluding hydrogens is 364 g/mol. The van der Waals surface area contributed by atoms with Crippen molar-refractivity contribution in [2.75, 3.05) is 5.32 Å². The molecule has 0 atom stereocenters. The van der Waals surface area contributed by atoms with Crippen LogP contribution in [0.5, 0.6) is 0 Å². The van der Waals surface area contributed by atoms with Gasteiger partial charge in [0.1, 0.15) is 24.4 Å². The lowest BCUT2D eigenvalue weighted by Crippen LogP contribution is -2.08. The molecule has 0 unspecified atom stereocenters. The molecule has 6 nitrogen and oxygen atoms in total. The summed E-state index contributed by atoms with van der Waals surface area (Å²) >= 11 is 1.28. The molecule has 1 amide bonds. The summed E-state index contributed by atoms with van der Waals surface area (Å²) < 4.78 is 11.1. The third-order valence-electron chi connectivity index (χ3n) is 4.01. The maximum atomic E-state index is 12.1. The number of amides is 1. The van der Waals surface area contributed by atoms with Crippen molar-refractivity contribution in [3.63, 3.8) is 0 Å². The summed E-state index contributed by atoms with van der Waals surface area (Å²) in [7, 11) is 0. The van der Waals surface area contributed by atoms with Gasteiger partial charge in [0.25, 0.3) is 0 Å². The summed E-state index contributed by atoms with van der Waals surface area (Å²) in [6.45, 7) is 1.47. The van der Waals surface area contributed by atoms with Crippen LogP contribution in [0.4, 0.5) is 5.13 Å². The fourth-order valence-electron chi connectivity index (χ4n) is 2.86. The topological polar surface area (TPSA) is 81.4 Å². The third kappa shape index (κ3) is 3.83. The Labute approximate surface area is 158 Å². The molecular formula is C20H16N2O4S. The second-order valence-electron chi connectivity index (χ2n) is 6.07. The first-order valence-electron chi connectivity index (χ1n) is 8.36. The second kappa shape index (κ2) is 7.20. The van der Waals surface area contributed by atoms with Crippen molar-refractivity contribution in [3.05, 3.63) is 59.3 Å². The highest BCUT2D eigenvalue weighted by Gasteiger charge is 2.13. The van der Waals surface area contributed by atoms with Crippen LogP contribution in [0, 0.1) is 0 Å². The lowest BCUT2D eigenvalue weighted by atomic mass is 10.1. The fraction of sp³-hybridized carbons (Fsp3) is 0.150. The highest BCUT2D eigenvalue weighted by atomic mass is 32.1. The quantitative estimate of drug-likeness (QED) is 0.523. The molecule has 0 spiro atoms. The zero-order valence-electron chi connectivity index (χ0n) is 14.5. The number of hydrogen-bond donors (Lipinski definition) is 1. The van der Waals surface area contributed by atoms with Crippen molar-refractivity contribution in [1.82, 2.24) is 4.98 Å². The van der Waals surface area contributed by atoms with Crippen molar-refractivity contribution in [2.45, 2.75) is 20.0 Å². The maximum Gasteiger partial charge on any atom is 0.313 e. The Morgan fingerprint density at radius 1 is 1.19 bits per heavy atom. The highest BCUT2D eigenvalue weighted by molar-refractivity contribution is 7.13. The van der Waals surface area contributed by atoms with Gasteiger partial charge in [-0.05, 0) is 22.9 Å². The van der Waals surface area contributed by atoms with Crippen molar-refractivity contribution < 1.29 is 18.7 Å². The van der Waals surface area contributed by atoms with Crippen LogP contribution in [0.15, 0.2) is 52.3 Å². The van der Waals surface area contributed by atoms with Gasteiger partial charge in [-0.15, -0.1) is 11.3 Å². The van der Waals surface area contributed by atoms with E-state index in [1.165, 1.54) is 18.3 Å². The molecule has 4 rings (SSSR count). The number of nitrogens with zero attached hydrogens (tertiary/aromatic N) is 1. The van der Waals surface area contributed by atoms with Crippen molar-refractivity contribution >= 4 is 50.1 Å². The predicted octanol–water partition coefficient (Wildman–Crippen LogP) is 4.29. The van der Waals surface area contributed by atoms with Gasteiger partial charge >= 0.3 is 5.97 Å². The van der Waals surface area contributed by atoms with Gasteiger partial charge in [0.2, 0.25) is 5.91 Å². The lowest BCUT2D eigenvalue weighted by Gasteiger charge is -2.01. The summed E-state index contributed by atoms with van der Waals surface area (Å²) in [5.74, 6) is -0.0266. The Morgan fingerprint density at radius 3 is 2.89 bits per heavy atom. The van der Waals surface area contributed by atoms with Gasteiger partial charge < -0.3 is 14.5 Å². The molecule has 136 valence electrons. The number of carbonyl (C=O) groups excluding carboxylic acids is 2. The van der Waals surface area contributed by atoms with Gasteiger partial charge in [0.15, 0.2) is 5.13 Å². The van der Waals surface area contributed by atoms with Crippen LogP contribution < -0.4 is 5.32 Å². The van der Waals surface area contributed by atoms with Gasteiger partial charge in [-0.1, -0.05) is 30.3 Å². The molecule has 0 aliphatic heterocycles. The van der Waals surface area contributed by atoms with Crippen molar-refractivity contribution in [1.29, 1.82) is 0 Å². The summed E-state index contributed by atoms with van der Waals surface area (Å²) in [6.07, 6.45) is 0.0473. The van der Waals surface area contributed by atoms with Gasteiger partial charge in [0, 0.05) is 17.7 Å². The smallest absolute Gasteiger partial charge is 0.313 e. The number of rotatable bonds is 5. The van der Waals surface area contributed by atoms with Crippen molar-refractivity contribution in [3.8, 4) is 0 Å². The monoisotopic (exact) mass is 380 g/mol. The van der Waals surface area contributed by atoms with E-state index in [2.05, 4.69) is 10.3 Å². The Morgan fingerprint density at radius 2 is 2.04 bits per heavy atom. The average molecular weight is 380 g/mol. The van der Waals surface area contributed by atoms with Crippen LogP contribution in [-0.2, 0) is 27.4 Å². The Balaban J connectivity index is 1.43. The molecule has 0 aliphatic carbocycles. The minimum atomic E-state index is -0.396. The first-order valence-corrected chi connectivity index (χ1v) is 9.24. The summed E-state index contributed by atoms with van der Waals surface area (Å²) in [4.78, 5) is 27.3. The highest BCUT2D eigenvalue weighted by Crippen LogP contribution is 2.28. The number of aromatic nitrogens is 1. The number of furan rings is 1. The minimum Gasteiger partial charge on any atom is -0.460 e. The number of ether oxygens (including phenoxy) is 1. The zero-order chi connectivity index (χ0) is 18.8. The number of anilines is 1. The molecule has 0 radical (unpaired) electrons. The molecule has 0 saturated heterocycles. The molecule has 0 bridgehead atoms. The van der Waals surface area contributed by atoms with Gasteiger partial charge in [0.05, 0.1) is 5.69 Å². The van der Waals surface area contributed by atoms with Crippen LogP contribution in [0.1, 0.15) is 18.4 Å². The molecule has 4 aromatic rings. The second-order valence-corrected chi connectivity index (χ2v) is 6.93. The van der Waals surface area contributed by atoms with Crippen LogP contribution in [0.2, 0.25) is 0 Å². The van der Waals surface area contributed by atoms with Crippen LogP contribution in [0.25, 0.3) is 21.7 Å². The number of benzene rings is 2. The van der Waals surface area contributed by atoms with E-state index in [1.807, 2.05) is 42.5 Å². The van der Waals surface area contributed by atoms with Crippen LogP contribution in [0.3, 0.4) is 0 Å². The number of carbonyl (C=O) groups is 2. The molecule has 2 aromatic heterocycles. The van der Waals surface area contributed by atoms with E-state index in [1.54, 1.807) is 5.38 Å². The van der Waals surface area contributed by atoms with Gasteiger partial charge in [-0.2, -0.15) is 0 Å². The third-order valence-corrected chi connectivity index (χ3v) is 4.82. The number of fused-ring (bicyclic) bond motifs is 3. The summed E-state index contributed by atoms with van der Waals surface area (Å²) in [5.41, 5.74) is 1.34. The van der Waals surface area contributed by atoms with Crippen LogP contribution >= 0.6 is 11.3 Å². The molecule has 0 fully saturated rings. The van der Waals surface area contributed by atoms with E-state index in [4.69, 9.17) is 9.15 Å². The number of esters is 1. The predicted molar refractivity (Wildman–Crippen MR) is 104 cm³/mol. The zero-order valence-corrected chi connectivity index (χ0v) is 15.3. The summed E-state index contributed by atoms with van der Waals surface area (Å²) in [5, 5.41) is 8.02. The summed E-state index contributed by atoms with van der Waals surface area (Å²) in [6, 6.07) is 13.8. The number of hydrogen-bond acceptors (Lipinski definition) is 6. The maximum absolute atomic E-state index is 12.1. The lowest BCUT2D eigenvalue weighted by molar-refractivity contribution is -0.144. The molecule has 27 heavy (non-hydrogen) atoms. The van der Waals surface area contributed by atoms with Crippen molar-refractivity contribution in [2.24, 2.45) is 0 Å². The number of nitrogens with one attached hydrogen (secondary N) is 1. The molecule has 2 aromatic carbocycles. The van der Waals surface area contributed by atoms with E-state index >= 15 is 0 Å². The van der Waals surface area contributed by atoms with Gasteiger partial charge in [-0.25, -0.2) is 4.98 Å². The van der Waals surface area contributed by atoms with E-state index in [0.29, 0.717) is 16.6 Å². The van der Waals surface area contributed by atoms with Crippen LogP contribution in [-0.4, -0.2) is 16.9 Å². The Kier molecular flexibility index (Phi) is 4.60. The first-order chi connectivity index (χ1) is 13.1. The van der Waals surface area contributed by atoms with E-state index in [0.717, 1.165) is 21.7 Å². The molecule has 7 heteroatoms. The Hall–Kier alpha value is -3.19. The van der Waals surface area contributed by atoms with E-state index in [-0.39, 0.29) is 18.9 Å². The fourth-order valence-corrected chi connectivity index (χ4v) is 3.60. The van der Waals surface area contributed by atoms with E-state index < -0.39 is 5.97 Å². The number of thiazole rings is 1. The molecule has 0 saturated carbocycles. The molecule has 0 aliphatic rings. The normalized spacial score (nSPS) is 11.0. The average Bonchev–Trinajstić information content (AvgIpc) is 3.25. The van der Waals surface area contributed by atoms with E-state index in [9.17, 15) is 9.59 Å². The first kappa shape index (κ1) is 17.2. The van der Waals surface area contributed by atoms with Gasteiger partial charge in [-0.3, -0.25) is 9.59 Å². The largest absolute Gasteiger partial charge is 0.460 e.